The molecule has 0 bridgehead atoms. The van der Waals surface area contributed by atoms with E-state index < -0.39 is 11.8 Å². The van der Waals surface area contributed by atoms with Gasteiger partial charge in [-0.05, 0) is 46.5 Å². The predicted molar refractivity (Wildman–Crippen MR) is 117 cm³/mol. The number of ether oxygens (including phenoxy) is 1. The minimum Gasteiger partial charge on any atom is -0.457 e. The summed E-state index contributed by atoms with van der Waals surface area (Å²) in [5.74, 6) is 0.470. The van der Waals surface area contributed by atoms with E-state index in [0.717, 1.165) is 33.8 Å². The Labute approximate surface area is 175 Å². The molecule has 4 aromatic carbocycles. The topological polar surface area (TPSA) is 58.6 Å². The highest BCUT2D eigenvalue weighted by molar-refractivity contribution is 5.86. The fourth-order valence-electron chi connectivity index (χ4n) is 3.44. The normalized spacial score (nSPS) is 11.5. The summed E-state index contributed by atoms with van der Waals surface area (Å²) >= 11 is 0. The number of carbonyl (C=O) groups excluding carboxylic acids is 1. The Morgan fingerprint density at radius 3 is 1.93 bits per heavy atom. The Bertz CT molecular complexity index is 1110. The lowest BCUT2D eigenvalue weighted by atomic mass is 9.89. The molecule has 4 nitrogen and oxygen atoms in total. The van der Waals surface area contributed by atoms with Gasteiger partial charge in [-0.2, -0.15) is 0 Å². The molecule has 0 aromatic heterocycles. The molecule has 0 heterocycles. The van der Waals surface area contributed by atoms with E-state index in [2.05, 4.69) is 0 Å². The van der Waals surface area contributed by atoms with E-state index in [1.54, 1.807) is 5.48 Å². The molecule has 0 radical (unpaired) electrons. The number of nitrogens with one attached hydrogen (secondary N) is 1. The molecule has 0 aliphatic rings. The molecule has 0 fully saturated rings. The van der Waals surface area contributed by atoms with Crippen molar-refractivity contribution in [2.24, 2.45) is 0 Å². The highest BCUT2D eigenvalue weighted by atomic mass is 16.5. The van der Waals surface area contributed by atoms with E-state index in [1.165, 1.54) is 0 Å². The van der Waals surface area contributed by atoms with Crippen LogP contribution in [0.4, 0.5) is 0 Å². The van der Waals surface area contributed by atoms with Gasteiger partial charge in [0, 0.05) is 0 Å². The summed E-state index contributed by atoms with van der Waals surface area (Å²) in [7, 11) is 0. The number of carbonyl (C=O) groups is 1. The molecule has 0 spiro atoms. The van der Waals surface area contributed by atoms with Crippen LogP contribution >= 0.6 is 0 Å². The van der Waals surface area contributed by atoms with Crippen molar-refractivity contribution in [1.29, 1.82) is 0 Å². The van der Waals surface area contributed by atoms with Crippen molar-refractivity contribution in [3.63, 3.8) is 0 Å². The Kier molecular flexibility index (Phi) is 5.88. The molecule has 4 heteroatoms. The van der Waals surface area contributed by atoms with Crippen molar-refractivity contribution < 1.29 is 14.7 Å². The minimum atomic E-state index is -0.600. The van der Waals surface area contributed by atoms with Crippen molar-refractivity contribution in [3.05, 3.63) is 120 Å². The lowest BCUT2D eigenvalue weighted by Gasteiger charge is -2.17. The number of amides is 1. The molecule has 2 N–H and O–H groups in total. The number of hydrogen-bond donors (Lipinski definition) is 2. The molecule has 1 atom stereocenters. The monoisotopic (exact) mass is 395 g/mol. The van der Waals surface area contributed by atoms with Gasteiger partial charge in [0.25, 0.3) is 5.91 Å². The van der Waals surface area contributed by atoms with Crippen LogP contribution in [0.5, 0.6) is 11.5 Å². The second kappa shape index (κ2) is 9.07. The van der Waals surface area contributed by atoms with E-state index in [1.807, 2.05) is 109 Å². The number of benzene rings is 4. The Hall–Kier alpha value is -3.89. The van der Waals surface area contributed by atoms with Crippen molar-refractivity contribution >= 4 is 5.91 Å². The molecular formula is C26H21NO3. The molecule has 0 aliphatic heterocycles. The van der Waals surface area contributed by atoms with Gasteiger partial charge in [-0.15, -0.1) is 0 Å². The second-order valence-corrected chi connectivity index (χ2v) is 6.88. The summed E-state index contributed by atoms with van der Waals surface area (Å²) in [6.45, 7) is 0. The molecule has 4 rings (SSSR count). The summed E-state index contributed by atoms with van der Waals surface area (Å²) in [6, 6.07) is 34.6. The van der Waals surface area contributed by atoms with Gasteiger partial charge < -0.3 is 4.74 Å². The van der Waals surface area contributed by atoms with Crippen LogP contribution in [-0.2, 0) is 4.79 Å². The zero-order valence-electron chi connectivity index (χ0n) is 16.2. The van der Waals surface area contributed by atoms with Gasteiger partial charge in [0.1, 0.15) is 11.5 Å². The summed E-state index contributed by atoms with van der Waals surface area (Å²) in [6.07, 6.45) is 0. The van der Waals surface area contributed by atoms with Crippen LogP contribution in [0.2, 0.25) is 0 Å². The molecule has 1 amide bonds. The van der Waals surface area contributed by atoms with Gasteiger partial charge in [0.2, 0.25) is 0 Å². The maximum absolute atomic E-state index is 12.4. The van der Waals surface area contributed by atoms with Crippen LogP contribution in [0.3, 0.4) is 0 Å². The molecular weight excluding hydrogens is 374 g/mol. The van der Waals surface area contributed by atoms with Crippen LogP contribution in [0.25, 0.3) is 11.1 Å². The average molecular weight is 395 g/mol. The summed E-state index contributed by atoms with van der Waals surface area (Å²) in [4.78, 5) is 12.4. The zero-order chi connectivity index (χ0) is 20.8. The van der Waals surface area contributed by atoms with Crippen LogP contribution in [0, 0.1) is 0 Å². The molecule has 148 valence electrons. The van der Waals surface area contributed by atoms with Gasteiger partial charge in [0.15, 0.2) is 0 Å². The maximum Gasteiger partial charge on any atom is 0.255 e. The lowest BCUT2D eigenvalue weighted by molar-refractivity contribution is -0.129. The summed E-state index contributed by atoms with van der Waals surface area (Å²) < 4.78 is 5.85. The van der Waals surface area contributed by atoms with Crippen molar-refractivity contribution in [2.75, 3.05) is 0 Å². The predicted octanol–water partition coefficient (Wildman–Crippen LogP) is 5.78. The van der Waals surface area contributed by atoms with Gasteiger partial charge in [-0.3, -0.25) is 10.0 Å². The smallest absolute Gasteiger partial charge is 0.255 e. The van der Waals surface area contributed by atoms with Crippen LogP contribution < -0.4 is 10.2 Å². The fraction of sp³-hybridized carbons (Fsp3) is 0.0385. The molecule has 0 aliphatic carbocycles. The van der Waals surface area contributed by atoms with E-state index in [0.29, 0.717) is 0 Å². The molecule has 30 heavy (non-hydrogen) atoms. The third-order valence-electron chi connectivity index (χ3n) is 4.89. The quantitative estimate of drug-likeness (QED) is 0.321. The van der Waals surface area contributed by atoms with Gasteiger partial charge in [-0.1, -0.05) is 84.9 Å². The lowest BCUT2D eigenvalue weighted by Crippen LogP contribution is -2.27. The number of para-hydroxylation sites is 1. The number of hydrogen-bond acceptors (Lipinski definition) is 3. The maximum atomic E-state index is 12.4. The van der Waals surface area contributed by atoms with Crippen molar-refractivity contribution in [3.8, 4) is 22.6 Å². The Balaban J connectivity index is 1.61. The number of rotatable bonds is 6. The average Bonchev–Trinajstić information content (AvgIpc) is 2.81. The van der Waals surface area contributed by atoms with E-state index in [-0.39, 0.29) is 0 Å². The van der Waals surface area contributed by atoms with Gasteiger partial charge in [-0.25, -0.2) is 5.48 Å². The van der Waals surface area contributed by atoms with Crippen molar-refractivity contribution in [2.45, 2.75) is 5.92 Å². The first kappa shape index (κ1) is 19.4. The van der Waals surface area contributed by atoms with Gasteiger partial charge in [0.05, 0.1) is 5.92 Å². The third-order valence-corrected chi connectivity index (χ3v) is 4.89. The standard InChI is InChI=1S/C26H21NO3/c28-26(27-29)25(20-8-3-1-4-9-20)22-11-7-10-21(18-22)19-14-16-24(17-15-19)30-23-12-5-2-6-13-23/h1-18,25,29H,(H,27,28). The zero-order valence-corrected chi connectivity index (χ0v) is 16.2. The largest absolute Gasteiger partial charge is 0.457 e. The summed E-state index contributed by atoms with van der Waals surface area (Å²) in [5, 5.41) is 9.25. The summed E-state index contributed by atoms with van der Waals surface area (Å²) in [5.41, 5.74) is 5.40. The number of hydroxylamine groups is 1. The Morgan fingerprint density at radius 2 is 1.27 bits per heavy atom. The molecule has 0 saturated carbocycles. The van der Waals surface area contributed by atoms with Crippen LogP contribution in [0.15, 0.2) is 109 Å². The molecule has 0 saturated heterocycles. The minimum absolute atomic E-state index is 0.468. The van der Waals surface area contributed by atoms with E-state index >= 15 is 0 Å². The van der Waals surface area contributed by atoms with E-state index in [4.69, 9.17) is 4.74 Å². The second-order valence-electron chi connectivity index (χ2n) is 6.88. The molecule has 4 aromatic rings. The SMILES string of the molecule is O=C(NO)C(c1ccccc1)c1cccc(-c2ccc(Oc3ccccc3)cc2)c1. The third kappa shape index (κ3) is 4.40. The first-order valence-corrected chi connectivity index (χ1v) is 9.67. The van der Waals surface area contributed by atoms with Crippen LogP contribution in [-0.4, -0.2) is 11.1 Å². The fourth-order valence-corrected chi connectivity index (χ4v) is 3.44. The molecule has 1 unspecified atom stereocenters. The first-order chi connectivity index (χ1) is 14.7. The van der Waals surface area contributed by atoms with Gasteiger partial charge >= 0.3 is 0 Å². The van der Waals surface area contributed by atoms with Crippen LogP contribution in [0.1, 0.15) is 17.0 Å². The highest BCUT2D eigenvalue weighted by Crippen LogP contribution is 2.30. The van der Waals surface area contributed by atoms with E-state index in [9.17, 15) is 10.0 Å². The highest BCUT2D eigenvalue weighted by Gasteiger charge is 2.22. The van der Waals surface area contributed by atoms with Crippen molar-refractivity contribution in [1.82, 2.24) is 5.48 Å². The first-order valence-electron chi connectivity index (χ1n) is 9.67. The Morgan fingerprint density at radius 1 is 0.667 bits per heavy atom.